The second-order valence-corrected chi connectivity index (χ2v) is 16.1. The number of nitrogens with zero attached hydrogens (tertiary/aromatic N) is 3. The smallest absolute Gasteiger partial charge is 0.429 e. The maximum absolute atomic E-state index is 13.2. The van der Waals surface area contributed by atoms with Crippen molar-refractivity contribution in [2.75, 3.05) is 6.54 Å². The van der Waals surface area contributed by atoms with Gasteiger partial charge >= 0.3 is 6.09 Å². The van der Waals surface area contributed by atoms with E-state index in [0.717, 1.165) is 21.3 Å². The number of hydrazine groups is 1. The van der Waals surface area contributed by atoms with Gasteiger partial charge in [-0.25, -0.2) is 14.8 Å². The number of carbonyl (C=O) groups is 5. The van der Waals surface area contributed by atoms with E-state index in [4.69, 9.17) is 4.74 Å². The number of aromatic nitrogens is 2. The summed E-state index contributed by atoms with van der Waals surface area (Å²) in [5.74, 6) is -2.88. The van der Waals surface area contributed by atoms with Crippen LogP contribution in [-0.2, 0) is 36.9 Å². The first kappa shape index (κ1) is 44.1. The van der Waals surface area contributed by atoms with Crippen LogP contribution in [0.4, 0.5) is 4.79 Å². The number of aliphatic hydroxyl groups excluding tert-OH is 1. The Balaban J connectivity index is 2.03. The monoisotopic (exact) mass is 745 g/mol. The van der Waals surface area contributed by atoms with Gasteiger partial charge in [-0.1, -0.05) is 41.5 Å². The Labute approximate surface area is 312 Å². The molecule has 0 saturated heterocycles. The lowest BCUT2D eigenvalue weighted by atomic mass is 9.92. The zero-order valence-electron chi connectivity index (χ0n) is 32.3. The molecule has 2 aromatic rings. The summed E-state index contributed by atoms with van der Waals surface area (Å²) in [5.41, 5.74) is 3.50. The Morgan fingerprint density at radius 2 is 1.58 bits per heavy atom. The fourth-order valence-electron chi connectivity index (χ4n) is 5.18. The number of hydrogen-bond acceptors (Lipinski definition) is 10. The fourth-order valence-corrected chi connectivity index (χ4v) is 6.08. The highest BCUT2D eigenvalue weighted by Crippen LogP contribution is 2.18. The molecule has 0 fully saturated rings. The van der Waals surface area contributed by atoms with Gasteiger partial charge in [0, 0.05) is 54.7 Å². The molecular formula is C37H59N7O7S. The lowest BCUT2D eigenvalue weighted by Crippen LogP contribution is -2.52. The van der Waals surface area contributed by atoms with E-state index in [-0.39, 0.29) is 37.1 Å². The van der Waals surface area contributed by atoms with Gasteiger partial charge in [0.1, 0.15) is 11.6 Å². The van der Waals surface area contributed by atoms with E-state index in [1.165, 1.54) is 11.3 Å². The summed E-state index contributed by atoms with van der Waals surface area (Å²) < 4.78 is 5.49. The highest BCUT2D eigenvalue weighted by molar-refractivity contribution is 7.09. The van der Waals surface area contributed by atoms with Crippen LogP contribution >= 0.6 is 11.3 Å². The normalized spacial score (nSPS) is 14.5. The Hall–Kier alpha value is -4.11. The molecule has 0 aliphatic carbocycles. The molecule has 0 bridgehead atoms. The average molecular weight is 746 g/mol. The summed E-state index contributed by atoms with van der Waals surface area (Å²) in [6.45, 7) is 18.1. The van der Waals surface area contributed by atoms with Crippen molar-refractivity contribution in [1.29, 1.82) is 0 Å². The van der Waals surface area contributed by atoms with Crippen molar-refractivity contribution in [2.24, 2.45) is 23.7 Å². The van der Waals surface area contributed by atoms with Crippen molar-refractivity contribution < 1.29 is 33.8 Å². The van der Waals surface area contributed by atoms with Gasteiger partial charge in [0.05, 0.1) is 23.7 Å². The summed E-state index contributed by atoms with van der Waals surface area (Å²) in [6, 6.07) is 2.11. The Morgan fingerprint density at radius 1 is 0.923 bits per heavy atom. The quantitative estimate of drug-likeness (QED) is 0.140. The number of nitrogens with one attached hydrogen (secondary N) is 4. The third kappa shape index (κ3) is 16.1. The molecule has 5 unspecified atom stereocenters. The second-order valence-electron chi connectivity index (χ2n) is 15.2. The van der Waals surface area contributed by atoms with Gasteiger partial charge in [-0.3, -0.25) is 29.6 Å². The van der Waals surface area contributed by atoms with Crippen LogP contribution in [0.1, 0.15) is 97.8 Å². The molecule has 2 heterocycles. The zero-order valence-corrected chi connectivity index (χ0v) is 33.1. The van der Waals surface area contributed by atoms with Gasteiger partial charge < -0.3 is 25.8 Å². The van der Waals surface area contributed by atoms with Crippen molar-refractivity contribution in [3.05, 3.63) is 46.2 Å². The Kier molecular flexibility index (Phi) is 17.6. The number of aryl methyl sites for hydroxylation is 1. The van der Waals surface area contributed by atoms with Gasteiger partial charge in [-0.15, -0.1) is 11.3 Å². The van der Waals surface area contributed by atoms with E-state index in [0.29, 0.717) is 19.4 Å². The van der Waals surface area contributed by atoms with Crippen LogP contribution in [0.5, 0.6) is 0 Å². The predicted molar refractivity (Wildman–Crippen MR) is 199 cm³/mol. The molecule has 290 valence electrons. The molecule has 5 amide bonds. The summed E-state index contributed by atoms with van der Waals surface area (Å²) in [7, 11) is 0. The number of ether oxygens (including phenoxy) is 1. The number of rotatable bonds is 18. The summed E-state index contributed by atoms with van der Waals surface area (Å²) in [6.07, 6.45) is 2.03. The molecule has 2 aromatic heterocycles. The zero-order chi connectivity index (χ0) is 39.2. The van der Waals surface area contributed by atoms with Crippen LogP contribution in [0.3, 0.4) is 0 Å². The summed E-state index contributed by atoms with van der Waals surface area (Å²) in [5, 5.41) is 23.5. The molecule has 2 rings (SSSR count). The number of carbonyl (C=O) groups excluding carboxylic acids is 5. The van der Waals surface area contributed by atoms with E-state index in [2.05, 4.69) is 31.3 Å². The molecule has 0 radical (unpaired) electrons. The summed E-state index contributed by atoms with van der Waals surface area (Å²) >= 11 is 1.46. The minimum absolute atomic E-state index is 0.0313. The van der Waals surface area contributed by atoms with E-state index in [1.54, 1.807) is 59.1 Å². The van der Waals surface area contributed by atoms with Crippen LogP contribution < -0.4 is 21.4 Å². The molecule has 0 saturated carbocycles. The standard InChI is InChI=1S/C37H59N7O7S/c1-22(2)17-28(29(45)18-24(5)33(47)42-32(23(3)4)35(49)39-20-27-11-14-38-15-12-27)41-30(46)13-16-44(36(50)51-37(8,9)10)43-34(48)25(6)19-31-40-26(7)21-52-31/h11-12,14-15,21-25,28-29,32,45H,13,16-20H2,1-10H3,(H,39,49)(H,41,46)(H,42,47)(H,43,48). The molecule has 14 nitrogen and oxygen atoms in total. The molecule has 0 aliphatic heterocycles. The van der Waals surface area contributed by atoms with Crippen molar-refractivity contribution in [2.45, 2.75) is 125 Å². The maximum atomic E-state index is 13.2. The highest BCUT2D eigenvalue weighted by atomic mass is 32.1. The maximum Gasteiger partial charge on any atom is 0.429 e. The van der Waals surface area contributed by atoms with E-state index >= 15 is 0 Å². The van der Waals surface area contributed by atoms with Gasteiger partial charge in [-0.2, -0.15) is 0 Å². The fraction of sp³-hybridized carbons (Fsp3) is 0.649. The van der Waals surface area contributed by atoms with Gasteiger partial charge in [-0.05, 0) is 70.1 Å². The first-order valence-corrected chi connectivity index (χ1v) is 18.8. The number of amides is 5. The van der Waals surface area contributed by atoms with Crippen LogP contribution in [0.2, 0.25) is 0 Å². The number of pyridine rings is 1. The average Bonchev–Trinajstić information content (AvgIpc) is 3.46. The molecule has 5 N–H and O–H groups in total. The van der Waals surface area contributed by atoms with Crippen molar-refractivity contribution in [1.82, 2.24) is 36.4 Å². The molecule has 52 heavy (non-hydrogen) atoms. The van der Waals surface area contributed by atoms with Crippen LogP contribution in [0.25, 0.3) is 0 Å². The highest BCUT2D eigenvalue weighted by Gasteiger charge is 2.31. The third-order valence-electron chi connectivity index (χ3n) is 8.06. The predicted octanol–water partition coefficient (Wildman–Crippen LogP) is 4.06. The van der Waals surface area contributed by atoms with Crippen molar-refractivity contribution >= 4 is 41.1 Å². The molecule has 0 aromatic carbocycles. The topological polar surface area (TPSA) is 192 Å². The molecule has 0 aliphatic rings. The lowest BCUT2D eigenvalue weighted by molar-refractivity contribution is -0.132. The first-order chi connectivity index (χ1) is 24.2. The number of aliphatic hydroxyl groups is 1. The van der Waals surface area contributed by atoms with Crippen molar-refractivity contribution in [3.63, 3.8) is 0 Å². The summed E-state index contributed by atoms with van der Waals surface area (Å²) in [4.78, 5) is 74.0. The molecule has 15 heteroatoms. The first-order valence-electron chi connectivity index (χ1n) is 17.9. The van der Waals surface area contributed by atoms with Crippen LogP contribution in [0.15, 0.2) is 29.9 Å². The Bertz CT molecular complexity index is 1460. The number of thiazole rings is 1. The van der Waals surface area contributed by atoms with Crippen LogP contribution in [0, 0.1) is 30.6 Å². The molecule has 0 spiro atoms. The van der Waals surface area contributed by atoms with Gasteiger partial charge in [0.2, 0.25) is 23.6 Å². The Morgan fingerprint density at radius 3 is 2.13 bits per heavy atom. The van der Waals surface area contributed by atoms with E-state index < -0.39 is 59.4 Å². The SMILES string of the molecule is Cc1csc(CC(C)C(=O)NN(CCC(=O)NC(CC(C)C)C(O)CC(C)C(=O)NC(C(=O)NCc2ccncc2)C(C)C)C(=O)OC(C)(C)C)n1. The minimum atomic E-state index is -1.08. The van der Waals surface area contributed by atoms with Gasteiger partial charge in [0.25, 0.3) is 0 Å². The van der Waals surface area contributed by atoms with Gasteiger partial charge in [0.15, 0.2) is 0 Å². The second kappa shape index (κ2) is 20.8. The minimum Gasteiger partial charge on any atom is -0.442 e. The van der Waals surface area contributed by atoms with Crippen molar-refractivity contribution in [3.8, 4) is 0 Å². The van der Waals surface area contributed by atoms with E-state index in [1.807, 2.05) is 40.0 Å². The molecule has 5 atom stereocenters. The lowest BCUT2D eigenvalue weighted by Gasteiger charge is -2.30. The largest absolute Gasteiger partial charge is 0.442 e. The molecular weight excluding hydrogens is 687 g/mol. The van der Waals surface area contributed by atoms with E-state index in [9.17, 15) is 29.1 Å². The third-order valence-corrected chi connectivity index (χ3v) is 9.05. The van der Waals surface area contributed by atoms with Crippen LogP contribution in [-0.4, -0.2) is 80.1 Å². The number of hydrogen-bond donors (Lipinski definition) is 5.